The third-order valence-corrected chi connectivity index (χ3v) is 5.50. The second kappa shape index (κ2) is 6.83. The predicted molar refractivity (Wildman–Crippen MR) is 97.5 cm³/mol. The van der Waals surface area contributed by atoms with Crippen LogP contribution in [0.25, 0.3) is 10.8 Å². The van der Waals surface area contributed by atoms with Crippen molar-refractivity contribution in [2.45, 2.75) is 9.79 Å². The van der Waals surface area contributed by atoms with Crippen molar-refractivity contribution in [3.05, 3.63) is 48.5 Å². The van der Waals surface area contributed by atoms with Gasteiger partial charge in [-0.2, -0.15) is 16.8 Å². The lowest BCUT2D eigenvalue weighted by atomic mass is 10.1. The first kappa shape index (κ1) is 19.7. The van der Waals surface area contributed by atoms with Crippen LogP contribution >= 0.6 is 0 Å². The molecular formula is C16H12N2O8S2. The first-order valence-electron chi connectivity index (χ1n) is 7.43. The summed E-state index contributed by atoms with van der Waals surface area (Å²) in [6.45, 7) is 0. The van der Waals surface area contributed by atoms with Crippen molar-refractivity contribution in [1.29, 1.82) is 0 Å². The van der Waals surface area contributed by atoms with Crippen molar-refractivity contribution in [1.82, 2.24) is 0 Å². The minimum atomic E-state index is -4.90. The molecule has 0 aliphatic heterocycles. The quantitative estimate of drug-likeness (QED) is 0.365. The van der Waals surface area contributed by atoms with E-state index in [4.69, 9.17) is 0 Å². The standard InChI is InChI=1S/C16H12N2O8S2/c19-11-6-2-1-5-10(11)17-18-15-13(28(24,25)26)8-9-4-3-7-12(27(21,22)23)14(9)16(15)20/h1-8,19-20H,(H,21,22,23)(H,24,25,26). The van der Waals surface area contributed by atoms with Crippen molar-refractivity contribution < 1.29 is 36.2 Å². The topological polar surface area (TPSA) is 174 Å². The normalized spacial score (nSPS) is 12.6. The minimum Gasteiger partial charge on any atom is -0.506 e. The van der Waals surface area contributed by atoms with Gasteiger partial charge in [-0.3, -0.25) is 9.11 Å². The average Bonchev–Trinajstić information content (AvgIpc) is 2.60. The highest BCUT2D eigenvalue weighted by molar-refractivity contribution is 7.86. The number of aromatic hydroxyl groups is 2. The molecule has 0 spiro atoms. The van der Waals surface area contributed by atoms with Gasteiger partial charge in [-0.25, -0.2) is 0 Å². The highest BCUT2D eigenvalue weighted by Crippen LogP contribution is 2.44. The van der Waals surface area contributed by atoms with Gasteiger partial charge in [0, 0.05) is 5.39 Å². The molecule has 0 heterocycles. The van der Waals surface area contributed by atoms with Crippen molar-refractivity contribution >= 4 is 42.4 Å². The van der Waals surface area contributed by atoms with Crippen LogP contribution < -0.4 is 0 Å². The van der Waals surface area contributed by atoms with Gasteiger partial charge in [0.05, 0.1) is 0 Å². The molecular weight excluding hydrogens is 412 g/mol. The fourth-order valence-corrected chi connectivity index (χ4v) is 3.91. The maximum absolute atomic E-state index is 11.7. The molecule has 0 aromatic heterocycles. The predicted octanol–water partition coefficient (Wildman–Crippen LogP) is 3.16. The first-order chi connectivity index (χ1) is 13.0. The smallest absolute Gasteiger partial charge is 0.296 e. The second-order valence-electron chi connectivity index (χ2n) is 5.57. The Morgan fingerprint density at radius 2 is 1.39 bits per heavy atom. The molecule has 0 radical (unpaired) electrons. The van der Waals surface area contributed by atoms with E-state index in [2.05, 4.69) is 10.2 Å². The van der Waals surface area contributed by atoms with Crippen LogP contribution in [0.4, 0.5) is 11.4 Å². The van der Waals surface area contributed by atoms with Gasteiger partial charge in [-0.05, 0) is 29.7 Å². The summed E-state index contributed by atoms with van der Waals surface area (Å²) >= 11 is 0. The van der Waals surface area contributed by atoms with Crippen LogP contribution in [-0.4, -0.2) is 36.2 Å². The Balaban J connectivity index is 2.40. The Kier molecular flexibility index (Phi) is 4.81. The number of para-hydroxylation sites is 1. The minimum absolute atomic E-state index is 0.0775. The van der Waals surface area contributed by atoms with Gasteiger partial charge in [0.1, 0.15) is 26.9 Å². The van der Waals surface area contributed by atoms with E-state index in [0.29, 0.717) is 0 Å². The Labute approximate surface area is 158 Å². The first-order valence-corrected chi connectivity index (χ1v) is 10.3. The maximum atomic E-state index is 11.7. The van der Waals surface area contributed by atoms with E-state index in [1.54, 1.807) is 0 Å². The molecule has 0 amide bonds. The summed E-state index contributed by atoms with van der Waals surface area (Å²) in [6, 6.07) is 9.98. The van der Waals surface area contributed by atoms with E-state index in [-0.39, 0.29) is 16.8 Å². The number of fused-ring (bicyclic) bond motifs is 1. The van der Waals surface area contributed by atoms with Crippen LogP contribution in [0.1, 0.15) is 0 Å². The molecule has 0 aliphatic rings. The van der Waals surface area contributed by atoms with E-state index in [0.717, 1.165) is 12.1 Å². The molecule has 0 fully saturated rings. The van der Waals surface area contributed by atoms with Crippen LogP contribution in [-0.2, 0) is 20.2 Å². The molecule has 0 bridgehead atoms. The van der Waals surface area contributed by atoms with Crippen molar-refractivity contribution in [3.63, 3.8) is 0 Å². The second-order valence-corrected chi connectivity index (χ2v) is 8.34. The fourth-order valence-electron chi connectivity index (χ4n) is 2.53. The number of hydrogen-bond donors (Lipinski definition) is 4. The Bertz CT molecular complexity index is 1330. The molecule has 4 N–H and O–H groups in total. The molecule has 10 nitrogen and oxygen atoms in total. The number of nitrogens with zero attached hydrogens (tertiary/aromatic N) is 2. The summed E-state index contributed by atoms with van der Waals surface area (Å²) in [5, 5.41) is 26.9. The number of hydrogen-bond acceptors (Lipinski definition) is 8. The van der Waals surface area contributed by atoms with Gasteiger partial charge in [0.2, 0.25) is 0 Å². The molecule has 12 heteroatoms. The van der Waals surface area contributed by atoms with E-state index in [1.807, 2.05) is 0 Å². The Morgan fingerprint density at radius 1 is 0.750 bits per heavy atom. The number of phenolic OH excluding ortho intramolecular Hbond substituents is 2. The molecule has 0 saturated carbocycles. The number of phenols is 2. The third-order valence-electron chi connectivity index (χ3n) is 3.73. The zero-order valence-corrected chi connectivity index (χ0v) is 15.4. The average molecular weight is 424 g/mol. The van der Waals surface area contributed by atoms with Gasteiger partial charge in [0.25, 0.3) is 20.2 Å². The molecule has 0 saturated heterocycles. The number of rotatable bonds is 4. The molecule has 3 rings (SSSR count). The van der Waals surface area contributed by atoms with Gasteiger partial charge in [-0.15, -0.1) is 10.2 Å². The van der Waals surface area contributed by atoms with Crippen LogP contribution in [0, 0.1) is 0 Å². The molecule has 3 aromatic carbocycles. The van der Waals surface area contributed by atoms with E-state index < -0.39 is 46.9 Å². The van der Waals surface area contributed by atoms with E-state index >= 15 is 0 Å². The summed E-state index contributed by atoms with van der Waals surface area (Å²) in [7, 11) is -9.67. The van der Waals surface area contributed by atoms with E-state index in [9.17, 15) is 36.2 Å². The molecule has 0 aliphatic carbocycles. The summed E-state index contributed by atoms with van der Waals surface area (Å²) < 4.78 is 65.5. The number of benzene rings is 3. The molecule has 0 atom stereocenters. The van der Waals surface area contributed by atoms with Crippen LogP contribution in [0.15, 0.2) is 68.6 Å². The maximum Gasteiger partial charge on any atom is 0.296 e. The van der Waals surface area contributed by atoms with Crippen LogP contribution in [0.5, 0.6) is 11.5 Å². The lowest BCUT2D eigenvalue weighted by molar-refractivity contribution is 0.469. The SMILES string of the molecule is O=S(=O)(O)c1cc2cccc(S(=O)(=O)O)c2c(O)c1N=Nc1ccccc1O. The van der Waals surface area contributed by atoms with E-state index in [1.165, 1.54) is 36.4 Å². The van der Waals surface area contributed by atoms with Crippen LogP contribution in [0.2, 0.25) is 0 Å². The monoisotopic (exact) mass is 424 g/mol. The zero-order chi connectivity index (χ0) is 20.7. The Morgan fingerprint density at radius 3 is 2.00 bits per heavy atom. The van der Waals surface area contributed by atoms with Gasteiger partial charge in [0.15, 0.2) is 5.75 Å². The van der Waals surface area contributed by atoms with Crippen LogP contribution in [0.3, 0.4) is 0 Å². The molecule has 146 valence electrons. The van der Waals surface area contributed by atoms with Gasteiger partial charge in [-0.1, -0.05) is 24.3 Å². The Hall–Kier alpha value is -3.06. The van der Waals surface area contributed by atoms with Crippen molar-refractivity contribution in [2.75, 3.05) is 0 Å². The molecule has 28 heavy (non-hydrogen) atoms. The fraction of sp³-hybridized carbons (Fsp3) is 0. The summed E-state index contributed by atoms with van der Waals surface area (Å²) in [5.41, 5.74) is -0.847. The number of azo groups is 1. The summed E-state index contributed by atoms with van der Waals surface area (Å²) in [5.74, 6) is -1.24. The zero-order valence-electron chi connectivity index (χ0n) is 13.8. The van der Waals surface area contributed by atoms with Crippen molar-refractivity contribution in [2.24, 2.45) is 10.2 Å². The van der Waals surface area contributed by atoms with Crippen molar-refractivity contribution in [3.8, 4) is 11.5 Å². The lowest BCUT2D eigenvalue weighted by Gasteiger charge is -2.11. The summed E-state index contributed by atoms with van der Waals surface area (Å²) in [6.07, 6.45) is 0. The molecule has 3 aromatic rings. The van der Waals surface area contributed by atoms with Gasteiger partial charge >= 0.3 is 0 Å². The lowest BCUT2D eigenvalue weighted by Crippen LogP contribution is -2.02. The summed E-state index contributed by atoms with van der Waals surface area (Å²) in [4.78, 5) is -1.53. The molecule has 0 unspecified atom stereocenters. The largest absolute Gasteiger partial charge is 0.506 e. The highest BCUT2D eigenvalue weighted by Gasteiger charge is 2.26. The highest BCUT2D eigenvalue weighted by atomic mass is 32.2. The third kappa shape index (κ3) is 3.66. The van der Waals surface area contributed by atoms with Gasteiger partial charge < -0.3 is 10.2 Å².